The first-order valence-electron chi connectivity index (χ1n) is 8.42. The van der Waals surface area contributed by atoms with Gasteiger partial charge in [0.15, 0.2) is 5.76 Å². The van der Waals surface area contributed by atoms with Gasteiger partial charge in [0, 0.05) is 33.3 Å². The summed E-state index contributed by atoms with van der Waals surface area (Å²) in [6.07, 6.45) is 2.09. The van der Waals surface area contributed by atoms with E-state index in [0.29, 0.717) is 27.9 Å². The van der Waals surface area contributed by atoms with Crippen molar-refractivity contribution < 1.29 is 14.0 Å². The van der Waals surface area contributed by atoms with E-state index in [2.05, 4.69) is 10.6 Å². The summed E-state index contributed by atoms with van der Waals surface area (Å²) in [5, 5.41) is 7.13. The molecule has 5 nitrogen and oxygen atoms in total. The molecule has 0 unspecified atom stereocenters. The number of benzene rings is 2. The maximum atomic E-state index is 12.5. The van der Waals surface area contributed by atoms with Crippen LogP contribution in [0.25, 0.3) is 11.0 Å². The molecule has 0 radical (unpaired) electrons. The van der Waals surface area contributed by atoms with Crippen LogP contribution in [0, 0.1) is 6.92 Å². The Labute approximate surface area is 155 Å². The lowest BCUT2D eigenvalue weighted by atomic mass is 10.1. The van der Waals surface area contributed by atoms with Crippen LogP contribution in [-0.2, 0) is 0 Å². The van der Waals surface area contributed by atoms with Gasteiger partial charge in [-0.05, 0) is 62.2 Å². The largest absolute Gasteiger partial charge is 0.451 e. The van der Waals surface area contributed by atoms with Gasteiger partial charge in [-0.1, -0.05) is 11.6 Å². The molecule has 2 N–H and O–H groups in total. The normalized spacial score (nSPS) is 13.6. The monoisotopic (exact) mass is 368 g/mol. The average Bonchev–Trinajstić information content (AvgIpc) is 3.38. The zero-order valence-electron chi connectivity index (χ0n) is 14.1. The first-order valence-corrected chi connectivity index (χ1v) is 8.80. The second kappa shape index (κ2) is 6.50. The average molecular weight is 369 g/mol. The fourth-order valence-corrected chi connectivity index (χ4v) is 2.97. The van der Waals surface area contributed by atoms with E-state index >= 15 is 0 Å². The fraction of sp³-hybridized carbons (Fsp3) is 0.200. The highest BCUT2D eigenvalue weighted by Crippen LogP contribution is 2.28. The predicted molar refractivity (Wildman–Crippen MR) is 101 cm³/mol. The summed E-state index contributed by atoms with van der Waals surface area (Å²) in [6, 6.07) is 12.3. The minimum Gasteiger partial charge on any atom is -0.451 e. The number of carbonyl (C=O) groups excluding carboxylic acids is 2. The molecule has 1 heterocycles. The van der Waals surface area contributed by atoms with Gasteiger partial charge in [0.2, 0.25) is 0 Å². The van der Waals surface area contributed by atoms with Crippen LogP contribution in [0.2, 0.25) is 5.02 Å². The Morgan fingerprint density at radius 1 is 1.08 bits per heavy atom. The van der Waals surface area contributed by atoms with Crippen molar-refractivity contribution in [1.82, 2.24) is 5.32 Å². The molecule has 1 aliphatic carbocycles. The Hall–Kier alpha value is -2.79. The Balaban J connectivity index is 1.51. The van der Waals surface area contributed by atoms with Crippen molar-refractivity contribution in [2.24, 2.45) is 0 Å². The number of aryl methyl sites for hydroxylation is 1. The molecule has 2 aromatic carbocycles. The van der Waals surface area contributed by atoms with Gasteiger partial charge < -0.3 is 15.1 Å². The topological polar surface area (TPSA) is 71.3 Å². The second-order valence-corrected chi connectivity index (χ2v) is 6.91. The Kier molecular flexibility index (Phi) is 4.17. The molecule has 26 heavy (non-hydrogen) atoms. The summed E-state index contributed by atoms with van der Waals surface area (Å²) in [5.74, 6) is -0.182. The van der Waals surface area contributed by atoms with Gasteiger partial charge in [-0.25, -0.2) is 0 Å². The number of furan rings is 1. The fourth-order valence-electron chi connectivity index (χ4n) is 2.80. The minimum atomic E-state index is -0.343. The zero-order chi connectivity index (χ0) is 18.3. The van der Waals surface area contributed by atoms with E-state index in [1.54, 1.807) is 42.5 Å². The molecular formula is C20H17ClN2O3. The molecular weight excluding hydrogens is 352 g/mol. The molecule has 0 aliphatic heterocycles. The molecule has 1 fully saturated rings. The maximum Gasteiger partial charge on any atom is 0.291 e. The number of nitrogens with one attached hydrogen (secondary N) is 2. The van der Waals surface area contributed by atoms with E-state index < -0.39 is 0 Å². The van der Waals surface area contributed by atoms with Crippen LogP contribution in [-0.4, -0.2) is 17.9 Å². The van der Waals surface area contributed by atoms with Crippen molar-refractivity contribution in [2.45, 2.75) is 25.8 Å². The van der Waals surface area contributed by atoms with Crippen LogP contribution in [0.15, 0.2) is 46.9 Å². The molecule has 0 bridgehead atoms. The van der Waals surface area contributed by atoms with Gasteiger partial charge >= 0.3 is 0 Å². The first-order chi connectivity index (χ1) is 12.5. The Morgan fingerprint density at radius 2 is 1.81 bits per heavy atom. The van der Waals surface area contributed by atoms with E-state index in [0.717, 1.165) is 23.8 Å². The lowest BCUT2D eigenvalue weighted by Crippen LogP contribution is -2.25. The van der Waals surface area contributed by atoms with Crippen molar-refractivity contribution in [3.8, 4) is 0 Å². The van der Waals surface area contributed by atoms with Crippen LogP contribution in [0.5, 0.6) is 0 Å². The summed E-state index contributed by atoms with van der Waals surface area (Å²) >= 11 is 6.01. The predicted octanol–water partition coefficient (Wildman–Crippen LogP) is 4.54. The SMILES string of the molecule is Cc1c(C(=O)Nc2ccc(C(=O)NC3CC3)cc2)oc2ccc(Cl)cc12. The molecule has 132 valence electrons. The highest BCUT2D eigenvalue weighted by atomic mass is 35.5. The summed E-state index contributed by atoms with van der Waals surface area (Å²) < 4.78 is 5.67. The minimum absolute atomic E-state index is 0.0876. The van der Waals surface area contributed by atoms with Crippen molar-refractivity contribution in [3.63, 3.8) is 0 Å². The van der Waals surface area contributed by atoms with E-state index in [1.807, 2.05) is 6.92 Å². The quantitative estimate of drug-likeness (QED) is 0.710. The summed E-state index contributed by atoms with van der Waals surface area (Å²) in [7, 11) is 0. The summed E-state index contributed by atoms with van der Waals surface area (Å²) in [4.78, 5) is 24.5. The number of hydrogen-bond acceptors (Lipinski definition) is 3. The zero-order valence-corrected chi connectivity index (χ0v) is 14.9. The van der Waals surface area contributed by atoms with Crippen molar-refractivity contribution in [1.29, 1.82) is 0 Å². The Bertz CT molecular complexity index is 1000. The van der Waals surface area contributed by atoms with E-state index in [9.17, 15) is 9.59 Å². The third-order valence-electron chi connectivity index (χ3n) is 4.42. The lowest BCUT2D eigenvalue weighted by molar-refractivity contribution is 0.0950. The molecule has 1 aromatic heterocycles. The van der Waals surface area contributed by atoms with Crippen LogP contribution >= 0.6 is 11.6 Å². The number of carbonyl (C=O) groups is 2. The first kappa shape index (κ1) is 16.7. The van der Waals surface area contributed by atoms with Crippen molar-refractivity contribution >= 4 is 40.1 Å². The summed E-state index contributed by atoms with van der Waals surface area (Å²) in [6.45, 7) is 1.82. The van der Waals surface area contributed by atoms with Crippen molar-refractivity contribution in [3.05, 3.63) is 64.4 Å². The number of rotatable bonds is 4. The van der Waals surface area contributed by atoms with E-state index in [4.69, 9.17) is 16.0 Å². The van der Waals surface area contributed by atoms with Crippen LogP contribution < -0.4 is 10.6 Å². The maximum absolute atomic E-state index is 12.5. The van der Waals surface area contributed by atoms with Crippen LogP contribution in [0.1, 0.15) is 39.3 Å². The van der Waals surface area contributed by atoms with E-state index in [1.165, 1.54) is 0 Å². The van der Waals surface area contributed by atoms with Crippen LogP contribution in [0.4, 0.5) is 5.69 Å². The molecule has 0 atom stereocenters. The van der Waals surface area contributed by atoms with Gasteiger partial charge in [0.25, 0.3) is 11.8 Å². The summed E-state index contributed by atoms with van der Waals surface area (Å²) in [5.41, 5.74) is 2.52. The highest BCUT2D eigenvalue weighted by Gasteiger charge is 2.24. The molecule has 6 heteroatoms. The molecule has 0 spiro atoms. The number of amides is 2. The lowest BCUT2D eigenvalue weighted by Gasteiger charge is -2.06. The number of halogens is 1. The molecule has 4 rings (SSSR count). The Morgan fingerprint density at radius 3 is 2.50 bits per heavy atom. The molecule has 1 aliphatic rings. The van der Waals surface area contributed by atoms with Gasteiger partial charge in [-0.3, -0.25) is 9.59 Å². The highest BCUT2D eigenvalue weighted by molar-refractivity contribution is 6.31. The number of hydrogen-bond donors (Lipinski definition) is 2. The van der Waals surface area contributed by atoms with E-state index in [-0.39, 0.29) is 17.6 Å². The third kappa shape index (κ3) is 3.30. The van der Waals surface area contributed by atoms with Crippen LogP contribution in [0.3, 0.4) is 0 Å². The van der Waals surface area contributed by atoms with Gasteiger partial charge in [-0.2, -0.15) is 0 Å². The molecule has 0 saturated heterocycles. The smallest absolute Gasteiger partial charge is 0.291 e. The standard InChI is InChI=1S/C20H17ClN2O3/c1-11-16-10-13(21)4-9-17(16)26-18(11)20(25)23-14-5-2-12(3-6-14)19(24)22-15-7-8-15/h2-6,9-10,15H,7-8H2,1H3,(H,22,24)(H,23,25). The number of anilines is 1. The van der Waals surface area contributed by atoms with Gasteiger partial charge in [0.05, 0.1) is 0 Å². The molecule has 1 saturated carbocycles. The van der Waals surface area contributed by atoms with Gasteiger partial charge in [0.1, 0.15) is 5.58 Å². The molecule has 2 amide bonds. The number of fused-ring (bicyclic) bond motifs is 1. The second-order valence-electron chi connectivity index (χ2n) is 6.48. The molecule has 3 aromatic rings. The van der Waals surface area contributed by atoms with Crippen molar-refractivity contribution in [2.75, 3.05) is 5.32 Å². The third-order valence-corrected chi connectivity index (χ3v) is 4.66. The van der Waals surface area contributed by atoms with Gasteiger partial charge in [-0.15, -0.1) is 0 Å².